The number of hydrogen-bond donors (Lipinski definition) is 1. The Morgan fingerprint density at radius 1 is 1.06 bits per heavy atom. The molecule has 0 saturated carbocycles. The molecule has 2 aliphatic rings. The maximum atomic E-state index is 12.3. The minimum Gasteiger partial charge on any atom is -0.508 e. The van der Waals surface area contributed by atoms with E-state index in [0.29, 0.717) is 17.6 Å². The summed E-state index contributed by atoms with van der Waals surface area (Å²) in [6.07, 6.45) is 6.13. The van der Waals surface area contributed by atoms with Crippen molar-refractivity contribution in [1.82, 2.24) is 0 Å². The molecule has 3 nitrogen and oxygen atoms in total. The highest BCUT2D eigenvalue weighted by Gasteiger charge is 2.31. The lowest BCUT2D eigenvalue weighted by Gasteiger charge is -2.25. The van der Waals surface area contributed by atoms with Gasteiger partial charge in [-0.1, -0.05) is 57.2 Å². The number of carbonyl (C=O) groups excluding carboxylic acids is 1. The van der Waals surface area contributed by atoms with Crippen LogP contribution in [0, 0.1) is 11.3 Å². The first-order valence-electron chi connectivity index (χ1n) is 11.8. The molecule has 0 fully saturated rings. The topological polar surface area (TPSA) is 46.5 Å². The lowest BCUT2D eigenvalue weighted by Crippen LogP contribution is -2.27. The Morgan fingerprint density at radius 3 is 2.48 bits per heavy atom. The SMILES string of the molecule is CC1Cc2c(O)cccc2C1C.CCC(C)(C)C(=O)OC1CCCCc2ccccc21. The number of fused-ring (bicyclic) bond motifs is 2. The molecule has 2 aromatic carbocycles. The van der Waals surface area contributed by atoms with Gasteiger partial charge in [0.1, 0.15) is 11.9 Å². The first-order chi connectivity index (χ1) is 14.7. The second kappa shape index (κ2) is 9.89. The van der Waals surface area contributed by atoms with E-state index in [0.717, 1.165) is 37.7 Å². The zero-order valence-corrected chi connectivity index (χ0v) is 19.8. The molecule has 0 aromatic heterocycles. The van der Waals surface area contributed by atoms with Gasteiger partial charge in [-0.2, -0.15) is 0 Å². The molecule has 0 amide bonds. The van der Waals surface area contributed by atoms with E-state index in [1.54, 1.807) is 6.07 Å². The molecule has 0 heterocycles. The Bertz CT molecular complexity index is 899. The Labute approximate surface area is 187 Å². The zero-order valence-electron chi connectivity index (χ0n) is 19.8. The van der Waals surface area contributed by atoms with Crippen LogP contribution in [0.3, 0.4) is 0 Å². The fourth-order valence-corrected chi connectivity index (χ4v) is 4.48. The monoisotopic (exact) mass is 422 g/mol. The van der Waals surface area contributed by atoms with Crippen molar-refractivity contribution in [3.8, 4) is 5.75 Å². The third-order valence-electron chi connectivity index (χ3n) is 7.31. The summed E-state index contributed by atoms with van der Waals surface area (Å²) in [5.41, 5.74) is 4.66. The molecule has 3 heteroatoms. The number of ether oxygens (including phenoxy) is 1. The quantitative estimate of drug-likeness (QED) is 0.423. The van der Waals surface area contributed by atoms with Gasteiger partial charge < -0.3 is 9.84 Å². The van der Waals surface area contributed by atoms with Crippen LogP contribution in [-0.2, 0) is 22.4 Å². The highest BCUT2D eigenvalue weighted by molar-refractivity contribution is 5.76. The average Bonchev–Trinajstić information content (AvgIpc) is 2.93. The minimum atomic E-state index is -0.388. The highest BCUT2D eigenvalue weighted by Crippen LogP contribution is 2.41. The Morgan fingerprint density at radius 2 is 1.77 bits per heavy atom. The Hall–Kier alpha value is -2.29. The van der Waals surface area contributed by atoms with E-state index in [2.05, 4.69) is 38.1 Å². The summed E-state index contributed by atoms with van der Waals surface area (Å²) >= 11 is 0. The number of benzene rings is 2. The third kappa shape index (κ3) is 5.31. The molecule has 0 spiro atoms. The number of carbonyl (C=O) groups is 1. The summed E-state index contributed by atoms with van der Waals surface area (Å²) in [4.78, 5) is 12.3. The average molecular weight is 423 g/mol. The van der Waals surface area contributed by atoms with Crippen molar-refractivity contribution in [3.63, 3.8) is 0 Å². The van der Waals surface area contributed by atoms with Crippen LogP contribution in [0.25, 0.3) is 0 Å². The Balaban J connectivity index is 0.000000194. The van der Waals surface area contributed by atoms with Crippen molar-refractivity contribution in [3.05, 3.63) is 64.7 Å². The van der Waals surface area contributed by atoms with Crippen molar-refractivity contribution in [2.45, 2.75) is 85.2 Å². The third-order valence-corrected chi connectivity index (χ3v) is 7.31. The number of aryl methyl sites for hydroxylation is 1. The molecule has 3 atom stereocenters. The van der Waals surface area contributed by atoms with Crippen LogP contribution in [0.2, 0.25) is 0 Å². The fraction of sp³-hybridized carbons (Fsp3) is 0.536. The predicted molar refractivity (Wildman–Crippen MR) is 126 cm³/mol. The molecule has 2 aromatic rings. The molecule has 0 aliphatic heterocycles. The van der Waals surface area contributed by atoms with Crippen molar-refractivity contribution < 1.29 is 14.6 Å². The van der Waals surface area contributed by atoms with E-state index < -0.39 is 0 Å². The molecule has 3 unspecified atom stereocenters. The largest absolute Gasteiger partial charge is 0.508 e. The maximum Gasteiger partial charge on any atom is 0.312 e. The molecule has 0 saturated heterocycles. The van der Waals surface area contributed by atoms with Crippen LogP contribution in [0.4, 0.5) is 0 Å². The summed E-state index contributed by atoms with van der Waals surface area (Å²) < 4.78 is 5.81. The summed E-state index contributed by atoms with van der Waals surface area (Å²) in [6.45, 7) is 10.4. The molecule has 31 heavy (non-hydrogen) atoms. The number of phenolic OH excluding ortho intramolecular Hbond substituents is 1. The van der Waals surface area contributed by atoms with Gasteiger partial charge in [0.05, 0.1) is 5.41 Å². The van der Waals surface area contributed by atoms with Crippen molar-refractivity contribution in [1.29, 1.82) is 0 Å². The van der Waals surface area contributed by atoms with Crippen LogP contribution in [0.5, 0.6) is 5.75 Å². The number of hydrogen-bond acceptors (Lipinski definition) is 3. The summed E-state index contributed by atoms with van der Waals surface area (Å²) in [5, 5.41) is 9.57. The maximum absolute atomic E-state index is 12.3. The number of esters is 1. The summed E-state index contributed by atoms with van der Waals surface area (Å²) in [7, 11) is 0. The normalized spacial score (nSPS) is 22.4. The van der Waals surface area contributed by atoms with Crippen molar-refractivity contribution in [2.75, 3.05) is 0 Å². The standard InChI is InChI=1S/C17H24O2.C11H14O/c1-4-17(2,3)16(18)19-15-12-8-6-10-13-9-5-7-11-14(13)15;1-7-6-10-9(8(7)2)4-3-5-11(10)12/h5,7,9,11,15H,4,6,8,10,12H2,1-3H3;3-5,7-8,12H,6H2,1-2H3. The van der Waals surface area contributed by atoms with Gasteiger partial charge in [-0.05, 0) is 92.5 Å². The molecular formula is C28H38O3. The lowest BCUT2D eigenvalue weighted by atomic mass is 9.90. The van der Waals surface area contributed by atoms with Crippen LogP contribution >= 0.6 is 0 Å². The van der Waals surface area contributed by atoms with E-state index >= 15 is 0 Å². The molecule has 1 N–H and O–H groups in total. The first-order valence-corrected chi connectivity index (χ1v) is 11.8. The summed E-state index contributed by atoms with van der Waals surface area (Å²) in [6, 6.07) is 14.2. The Kier molecular flexibility index (Phi) is 7.46. The van der Waals surface area contributed by atoms with Crippen LogP contribution in [-0.4, -0.2) is 11.1 Å². The van der Waals surface area contributed by atoms with E-state index in [9.17, 15) is 9.90 Å². The number of aromatic hydroxyl groups is 1. The lowest BCUT2D eigenvalue weighted by molar-refractivity contribution is -0.160. The second-order valence-electron chi connectivity index (χ2n) is 9.89. The predicted octanol–water partition coefficient (Wildman–Crippen LogP) is 7.12. The van der Waals surface area contributed by atoms with E-state index in [1.165, 1.54) is 23.1 Å². The van der Waals surface area contributed by atoms with Crippen LogP contribution in [0.15, 0.2) is 42.5 Å². The number of phenols is 1. The van der Waals surface area contributed by atoms with E-state index in [1.807, 2.05) is 32.9 Å². The van der Waals surface area contributed by atoms with E-state index in [-0.39, 0.29) is 17.5 Å². The van der Waals surface area contributed by atoms with Crippen molar-refractivity contribution >= 4 is 5.97 Å². The zero-order chi connectivity index (χ0) is 22.6. The minimum absolute atomic E-state index is 0.0583. The van der Waals surface area contributed by atoms with Gasteiger partial charge in [-0.3, -0.25) is 4.79 Å². The van der Waals surface area contributed by atoms with E-state index in [4.69, 9.17) is 4.74 Å². The second-order valence-corrected chi connectivity index (χ2v) is 9.89. The van der Waals surface area contributed by atoms with Gasteiger partial charge in [0, 0.05) is 0 Å². The first kappa shape index (κ1) is 23.4. The van der Waals surface area contributed by atoms with Gasteiger partial charge >= 0.3 is 5.97 Å². The molecule has 0 radical (unpaired) electrons. The van der Waals surface area contributed by atoms with Crippen molar-refractivity contribution in [2.24, 2.45) is 11.3 Å². The van der Waals surface area contributed by atoms with Gasteiger partial charge in [0.2, 0.25) is 0 Å². The molecule has 2 aliphatic carbocycles. The smallest absolute Gasteiger partial charge is 0.312 e. The van der Waals surface area contributed by atoms with Gasteiger partial charge in [-0.15, -0.1) is 0 Å². The highest BCUT2D eigenvalue weighted by atomic mass is 16.5. The molecule has 168 valence electrons. The molecular weight excluding hydrogens is 384 g/mol. The van der Waals surface area contributed by atoms with Gasteiger partial charge in [0.25, 0.3) is 0 Å². The molecule has 4 rings (SSSR count). The van der Waals surface area contributed by atoms with Crippen LogP contribution in [0.1, 0.15) is 94.6 Å². The van der Waals surface area contributed by atoms with Crippen LogP contribution < -0.4 is 0 Å². The van der Waals surface area contributed by atoms with Gasteiger partial charge in [0.15, 0.2) is 0 Å². The molecule has 0 bridgehead atoms. The van der Waals surface area contributed by atoms with Gasteiger partial charge in [-0.25, -0.2) is 0 Å². The fourth-order valence-electron chi connectivity index (χ4n) is 4.48. The summed E-state index contributed by atoms with van der Waals surface area (Å²) in [5.74, 6) is 1.68. The number of rotatable bonds is 3.